The first-order valence-corrected chi connectivity index (χ1v) is 10.6. The monoisotopic (exact) mass is 428 g/mol. The highest BCUT2D eigenvalue weighted by molar-refractivity contribution is 6.30. The van der Waals surface area contributed by atoms with E-state index in [4.69, 9.17) is 11.6 Å². The smallest absolute Gasteiger partial charge is 0.139 e. The molecule has 1 saturated heterocycles. The number of halogens is 2. The molecule has 0 saturated carbocycles. The fourth-order valence-electron chi connectivity index (χ4n) is 3.95. The SMILES string of the molecule is CC(C(O)Nc1ccc(Cl)cc1)N1CCC(Nc2ccnc3ccc(F)cc23)CC1. The maximum absolute atomic E-state index is 13.7. The first-order chi connectivity index (χ1) is 14.5. The molecule has 2 heterocycles. The van der Waals surface area contributed by atoms with Gasteiger partial charge in [-0.15, -0.1) is 0 Å². The molecule has 2 unspecified atom stereocenters. The summed E-state index contributed by atoms with van der Waals surface area (Å²) in [7, 11) is 0. The van der Waals surface area contributed by atoms with Gasteiger partial charge in [0.15, 0.2) is 0 Å². The van der Waals surface area contributed by atoms with Gasteiger partial charge >= 0.3 is 0 Å². The zero-order valence-corrected chi connectivity index (χ0v) is 17.6. The summed E-state index contributed by atoms with van der Waals surface area (Å²) in [5.74, 6) is -0.260. The lowest BCUT2D eigenvalue weighted by Gasteiger charge is -2.38. The summed E-state index contributed by atoms with van der Waals surface area (Å²) >= 11 is 5.92. The van der Waals surface area contributed by atoms with Crippen LogP contribution in [0.25, 0.3) is 10.9 Å². The molecule has 2 atom stereocenters. The summed E-state index contributed by atoms with van der Waals surface area (Å²) < 4.78 is 13.7. The molecule has 3 N–H and O–H groups in total. The van der Waals surface area contributed by atoms with Crippen LogP contribution in [-0.4, -0.2) is 46.4 Å². The number of anilines is 2. The Bertz CT molecular complexity index is 992. The van der Waals surface area contributed by atoms with Gasteiger partial charge in [0.25, 0.3) is 0 Å². The maximum atomic E-state index is 13.7. The van der Waals surface area contributed by atoms with Gasteiger partial charge in [-0.2, -0.15) is 0 Å². The van der Waals surface area contributed by atoms with Crippen LogP contribution in [0.5, 0.6) is 0 Å². The van der Waals surface area contributed by atoms with Gasteiger partial charge in [0.2, 0.25) is 0 Å². The molecule has 5 nitrogen and oxygen atoms in total. The molecule has 1 fully saturated rings. The van der Waals surface area contributed by atoms with Crippen molar-refractivity contribution in [1.82, 2.24) is 9.88 Å². The molecular weight excluding hydrogens is 403 g/mol. The molecule has 0 bridgehead atoms. The van der Waals surface area contributed by atoms with Crippen molar-refractivity contribution in [2.75, 3.05) is 23.7 Å². The van der Waals surface area contributed by atoms with Gasteiger partial charge in [-0.1, -0.05) is 11.6 Å². The number of hydrogen-bond acceptors (Lipinski definition) is 5. The Hall–Kier alpha value is -2.41. The van der Waals surface area contributed by atoms with Gasteiger partial charge in [0.1, 0.15) is 12.0 Å². The number of nitrogens with one attached hydrogen (secondary N) is 2. The Morgan fingerprint density at radius 3 is 2.60 bits per heavy atom. The van der Waals surface area contributed by atoms with E-state index in [2.05, 4.69) is 20.5 Å². The van der Waals surface area contributed by atoms with Crippen molar-refractivity contribution in [3.63, 3.8) is 0 Å². The largest absolute Gasteiger partial charge is 0.382 e. The van der Waals surface area contributed by atoms with Gasteiger partial charge < -0.3 is 15.7 Å². The maximum Gasteiger partial charge on any atom is 0.139 e. The van der Waals surface area contributed by atoms with Crippen molar-refractivity contribution < 1.29 is 9.50 Å². The molecular formula is C23H26ClFN4O. The van der Waals surface area contributed by atoms with E-state index in [0.717, 1.165) is 48.2 Å². The van der Waals surface area contributed by atoms with E-state index in [0.29, 0.717) is 11.1 Å². The molecule has 3 aromatic rings. The molecule has 1 aromatic heterocycles. The summed E-state index contributed by atoms with van der Waals surface area (Å²) in [5, 5.41) is 18.8. The van der Waals surface area contributed by atoms with Crippen LogP contribution in [0.2, 0.25) is 5.02 Å². The Kier molecular flexibility index (Phi) is 6.37. The second-order valence-corrected chi connectivity index (χ2v) is 8.25. The third-order valence-corrected chi connectivity index (χ3v) is 6.04. The van der Waals surface area contributed by atoms with Crippen LogP contribution in [0.15, 0.2) is 54.7 Å². The summed E-state index contributed by atoms with van der Waals surface area (Å²) in [6.45, 7) is 3.77. The minimum absolute atomic E-state index is 0.0301. The van der Waals surface area contributed by atoms with Crippen molar-refractivity contribution in [3.05, 3.63) is 65.6 Å². The lowest BCUT2D eigenvalue weighted by Crippen LogP contribution is -2.50. The number of fused-ring (bicyclic) bond motifs is 1. The zero-order valence-electron chi connectivity index (χ0n) is 16.9. The van der Waals surface area contributed by atoms with Crippen molar-refractivity contribution in [2.24, 2.45) is 0 Å². The van der Waals surface area contributed by atoms with Crippen molar-refractivity contribution in [2.45, 2.75) is 38.1 Å². The van der Waals surface area contributed by atoms with E-state index < -0.39 is 6.23 Å². The molecule has 2 aromatic carbocycles. The number of hydrogen-bond donors (Lipinski definition) is 3. The second-order valence-electron chi connectivity index (χ2n) is 7.81. The molecule has 0 aliphatic carbocycles. The molecule has 0 radical (unpaired) electrons. The van der Waals surface area contributed by atoms with E-state index in [9.17, 15) is 9.50 Å². The molecule has 30 heavy (non-hydrogen) atoms. The van der Waals surface area contributed by atoms with Gasteiger partial charge in [-0.05, 0) is 68.3 Å². The number of likely N-dealkylation sites (tertiary alicyclic amines) is 1. The summed E-state index contributed by atoms with van der Waals surface area (Å²) in [6.07, 6.45) is 2.95. The first kappa shape index (κ1) is 20.8. The Balaban J connectivity index is 1.33. The fourth-order valence-corrected chi connectivity index (χ4v) is 4.08. The van der Waals surface area contributed by atoms with Crippen LogP contribution in [-0.2, 0) is 0 Å². The summed E-state index contributed by atoms with van der Waals surface area (Å²) in [5.41, 5.74) is 2.53. The summed E-state index contributed by atoms with van der Waals surface area (Å²) in [4.78, 5) is 6.60. The average Bonchev–Trinajstić information content (AvgIpc) is 2.76. The fraction of sp³-hybridized carbons (Fsp3) is 0.348. The topological polar surface area (TPSA) is 60.4 Å². The van der Waals surface area contributed by atoms with Crippen molar-refractivity contribution in [1.29, 1.82) is 0 Å². The molecule has 0 spiro atoms. The van der Waals surface area contributed by atoms with Gasteiger partial charge in [0, 0.05) is 47.1 Å². The number of nitrogens with zero attached hydrogens (tertiary/aromatic N) is 2. The number of piperidine rings is 1. The van der Waals surface area contributed by atoms with E-state index in [1.807, 2.05) is 25.1 Å². The highest BCUT2D eigenvalue weighted by Crippen LogP contribution is 2.26. The number of benzene rings is 2. The quantitative estimate of drug-likeness (QED) is 0.496. The molecule has 7 heteroatoms. The predicted molar refractivity (Wildman–Crippen MR) is 120 cm³/mol. The Morgan fingerprint density at radius 1 is 1.13 bits per heavy atom. The number of aromatic nitrogens is 1. The van der Waals surface area contributed by atoms with Crippen LogP contribution in [0.3, 0.4) is 0 Å². The number of aliphatic hydroxyl groups excluding tert-OH is 1. The number of aliphatic hydroxyl groups is 1. The van der Waals surface area contributed by atoms with Crippen LogP contribution in [0.4, 0.5) is 15.8 Å². The normalized spacial score (nSPS) is 17.6. The van der Waals surface area contributed by atoms with Crippen LogP contribution >= 0.6 is 11.6 Å². The van der Waals surface area contributed by atoms with E-state index in [-0.39, 0.29) is 11.9 Å². The van der Waals surface area contributed by atoms with Gasteiger partial charge in [0.05, 0.1) is 11.6 Å². The highest BCUT2D eigenvalue weighted by Gasteiger charge is 2.27. The minimum Gasteiger partial charge on any atom is -0.382 e. The second kappa shape index (κ2) is 9.16. The van der Waals surface area contributed by atoms with Crippen molar-refractivity contribution in [3.8, 4) is 0 Å². The average molecular weight is 429 g/mol. The van der Waals surface area contributed by atoms with E-state index in [1.165, 1.54) is 12.1 Å². The lowest BCUT2D eigenvalue weighted by atomic mass is 10.0. The molecule has 158 valence electrons. The Labute approximate surface area is 180 Å². The number of pyridine rings is 1. The van der Waals surface area contributed by atoms with Gasteiger partial charge in [-0.25, -0.2) is 4.39 Å². The predicted octanol–water partition coefficient (Wildman–Crippen LogP) is 4.72. The van der Waals surface area contributed by atoms with Crippen LogP contribution in [0.1, 0.15) is 19.8 Å². The number of rotatable bonds is 6. The molecule has 1 aliphatic rings. The van der Waals surface area contributed by atoms with E-state index in [1.54, 1.807) is 24.4 Å². The third kappa shape index (κ3) is 4.83. The molecule has 0 amide bonds. The molecule has 4 rings (SSSR count). The Morgan fingerprint density at radius 2 is 1.87 bits per heavy atom. The summed E-state index contributed by atoms with van der Waals surface area (Å²) in [6, 6.07) is 14.1. The lowest BCUT2D eigenvalue weighted by molar-refractivity contribution is 0.0621. The highest BCUT2D eigenvalue weighted by atomic mass is 35.5. The van der Waals surface area contributed by atoms with Crippen LogP contribution < -0.4 is 10.6 Å². The zero-order chi connectivity index (χ0) is 21.1. The standard InChI is InChI=1S/C23H26ClFN4O/c1-15(23(30)28-18-5-2-16(24)3-6-18)29-12-9-19(10-13-29)27-22-8-11-26-21-7-4-17(25)14-20(21)22/h2-8,11,14-15,19,23,28,30H,9-10,12-13H2,1H3,(H,26,27). The third-order valence-electron chi connectivity index (χ3n) is 5.78. The first-order valence-electron chi connectivity index (χ1n) is 10.2. The van der Waals surface area contributed by atoms with Crippen molar-refractivity contribution >= 4 is 33.9 Å². The van der Waals surface area contributed by atoms with Crippen LogP contribution in [0, 0.1) is 5.82 Å². The molecule has 1 aliphatic heterocycles. The van der Waals surface area contributed by atoms with Gasteiger partial charge in [-0.3, -0.25) is 9.88 Å². The minimum atomic E-state index is -0.678. The van der Waals surface area contributed by atoms with E-state index >= 15 is 0 Å².